The molecule has 0 unspecified atom stereocenters. The van der Waals surface area contributed by atoms with Crippen molar-refractivity contribution in [3.8, 4) is 22.6 Å². The number of nitrogens with one attached hydrogen (secondary N) is 1. The van der Waals surface area contributed by atoms with Gasteiger partial charge in [-0.15, -0.1) is 0 Å². The highest BCUT2D eigenvalue weighted by atomic mass is 35.5. The monoisotopic (exact) mass is 273 g/mol. The topological polar surface area (TPSA) is 71.8 Å². The fraction of sp³-hybridized carbons (Fsp3) is 0. The van der Waals surface area contributed by atoms with Gasteiger partial charge in [-0.25, -0.2) is 4.79 Å². The second-order valence-electron chi connectivity index (χ2n) is 3.86. The second kappa shape index (κ2) is 4.70. The Balaban J connectivity index is 2.00. The molecular weight excluding hydrogens is 266 g/mol. The number of rotatable bonds is 2. The molecule has 3 aromatic rings. The van der Waals surface area contributed by atoms with Gasteiger partial charge in [-0.1, -0.05) is 41.0 Å². The van der Waals surface area contributed by atoms with E-state index in [1.54, 1.807) is 12.3 Å². The molecular formula is C13H8ClN3O2. The zero-order chi connectivity index (χ0) is 13.2. The van der Waals surface area contributed by atoms with Crippen molar-refractivity contribution in [2.45, 2.75) is 0 Å². The standard InChI is InChI=1S/C13H8ClN3O2/c14-10-4-2-1-3-9(10)8-5-6-11(15-7-8)12-16-13(18)19-17-12/h1-7H,(H,16,17,18). The molecule has 2 heterocycles. The highest BCUT2D eigenvalue weighted by molar-refractivity contribution is 6.33. The van der Waals surface area contributed by atoms with Gasteiger partial charge in [-0.2, -0.15) is 0 Å². The van der Waals surface area contributed by atoms with Crippen LogP contribution >= 0.6 is 11.6 Å². The summed E-state index contributed by atoms with van der Waals surface area (Å²) in [5, 5.41) is 4.23. The van der Waals surface area contributed by atoms with Crippen molar-refractivity contribution in [3.05, 3.63) is 58.2 Å². The molecule has 3 rings (SSSR count). The van der Waals surface area contributed by atoms with Gasteiger partial charge in [0.25, 0.3) is 0 Å². The highest BCUT2D eigenvalue weighted by Gasteiger charge is 2.07. The van der Waals surface area contributed by atoms with Crippen LogP contribution in [-0.2, 0) is 0 Å². The number of hydrogen-bond acceptors (Lipinski definition) is 4. The molecule has 1 aromatic carbocycles. The maximum atomic E-state index is 10.9. The van der Waals surface area contributed by atoms with Crippen LogP contribution in [0.3, 0.4) is 0 Å². The summed E-state index contributed by atoms with van der Waals surface area (Å²) in [7, 11) is 0. The number of halogens is 1. The van der Waals surface area contributed by atoms with Crippen LogP contribution in [0.5, 0.6) is 0 Å². The summed E-state index contributed by atoms with van der Waals surface area (Å²) in [5.41, 5.74) is 2.32. The largest absolute Gasteiger partial charge is 0.439 e. The van der Waals surface area contributed by atoms with E-state index in [1.807, 2.05) is 30.3 Å². The molecule has 0 fully saturated rings. The van der Waals surface area contributed by atoms with E-state index >= 15 is 0 Å². The van der Waals surface area contributed by atoms with Gasteiger partial charge in [0, 0.05) is 22.3 Å². The maximum Gasteiger partial charge on any atom is 0.439 e. The summed E-state index contributed by atoms with van der Waals surface area (Å²) in [4.78, 5) is 17.5. The Hall–Kier alpha value is -2.40. The number of aromatic nitrogens is 3. The Bertz CT molecular complexity index is 762. The van der Waals surface area contributed by atoms with Gasteiger partial charge < -0.3 is 0 Å². The number of pyridine rings is 1. The van der Waals surface area contributed by atoms with E-state index in [0.29, 0.717) is 16.5 Å². The lowest BCUT2D eigenvalue weighted by Crippen LogP contribution is -1.95. The Morgan fingerprint density at radius 2 is 2.00 bits per heavy atom. The Morgan fingerprint density at radius 1 is 1.16 bits per heavy atom. The third-order valence-electron chi connectivity index (χ3n) is 2.63. The van der Waals surface area contributed by atoms with Gasteiger partial charge in [0.15, 0.2) is 0 Å². The van der Waals surface area contributed by atoms with Gasteiger partial charge in [0.2, 0.25) is 5.82 Å². The molecule has 0 saturated carbocycles. The number of aromatic amines is 1. The Morgan fingerprint density at radius 3 is 2.63 bits per heavy atom. The van der Waals surface area contributed by atoms with Crippen molar-refractivity contribution in [2.75, 3.05) is 0 Å². The van der Waals surface area contributed by atoms with Crippen molar-refractivity contribution >= 4 is 11.6 Å². The van der Waals surface area contributed by atoms with E-state index in [1.165, 1.54) is 0 Å². The zero-order valence-electron chi connectivity index (χ0n) is 9.63. The third kappa shape index (κ3) is 2.28. The van der Waals surface area contributed by atoms with E-state index in [-0.39, 0.29) is 0 Å². The SMILES string of the molecule is O=c1[nH]c(-c2ccc(-c3ccccc3Cl)cn2)no1. The van der Waals surface area contributed by atoms with Crippen LogP contribution < -0.4 is 5.76 Å². The first-order chi connectivity index (χ1) is 9.24. The van der Waals surface area contributed by atoms with Crippen LogP contribution in [0.25, 0.3) is 22.6 Å². The quantitative estimate of drug-likeness (QED) is 0.779. The molecule has 0 aliphatic carbocycles. The van der Waals surface area contributed by atoms with Crippen molar-refractivity contribution in [2.24, 2.45) is 0 Å². The van der Waals surface area contributed by atoms with E-state index < -0.39 is 5.76 Å². The fourth-order valence-electron chi connectivity index (χ4n) is 1.73. The number of nitrogens with zero attached hydrogens (tertiary/aromatic N) is 2. The van der Waals surface area contributed by atoms with Gasteiger partial charge in [0.05, 0.1) is 0 Å². The normalized spacial score (nSPS) is 10.6. The average molecular weight is 274 g/mol. The number of H-pyrrole nitrogens is 1. The molecule has 0 aliphatic heterocycles. The van der Waals surface area contributed by atoms with Crippen molar-refractivity contribution in [1.82, 2.24) is 15.1 Å². The first-order valence-corrected chi connectivity index (χ1v) is 5.89. The van der Waals surface area contributed by atoms with Crippen LogP contribution in [0.1, 0.15) is 0 Å². The molecule has 0 aliphatic rings. The highest BCUT2D eigenvalue weighted by Crippen LogP contribution is 2.27. The number of hydrogen-bond donors (Lipinski definition) is 1. The molecule has 94 valence electrons. The molecule has 6 heteroatoms. The Labute approximate surface area is 112 Å². The summed E-state index contributed by atoms with van der Waals surface area (Å²) >= 11 is 6.12. The molecule has 0 saturated heterocycles. The summed E-state index contributed by atoms with van der Waals surface area (Å²) < 4.78 is 4.43. The van der Waals surface area contributed by atoms with Crippen LogP contribution in [0.2, 0.25) is 5.02 Å². The third-order valence-corrected chi connectivity index (χ3v) is 2.96. The Kier molecular flexibility index (Phi) is 2.89. The molecule has 2 aromatic heterocycles. The minimum absolute atomic E-state index is 0.302. The molecule has 5 nitrogen and oxygen atoms in total. The average Bonchev–Trinajstić information content (AvgIpc) is 2.86. The lowest BCUT2D eigenvalue weighted by molar-refractivity contribution is 0.387. The molecule has 0 bridgehead atoms. The van der Waals surface area contributed by atoms with Crippen molar-refractivity contribution in [3.63, 3.8) is 0 Å². The van der Waals surface area contributed by atoms with Crippen LogP contribution in [0.4, 0.5) is 0 Å². The molecule has 19 heavy (non-hydrogen) atoms. The summed E-state index contributed by atoms with van der Waals surface area (Å²) in [6, 6.07) is 11.1. The van der Waals surface area contributed by atoms with Crippen LogP contribution in [-0.4, -0.2) is 15.1 Å². The molecule has 1 N–H and O–H groups in total. The zero-order valence-corrected chi connectivity index (χ0v) is 10.4. The minimum atomic E-state index is -0.605. The lowest BCUT2D eigenvalue weighted by atomic mass is 10.1. The van der Waals surface area contributed by atoms with E-state index in [4.69, 9.17) is 11.6 Å². The van der Waals surface area contributed by atoms with Crippen LogP contribution in [0, 0.1) is 0 Å². The van der Waals surface area contributed by atoms with Gasteiger partial charge in [0.1, 0.15) is 5.69 Å². The minimum Gasteiger partial charge on any atom is -0.296 e. The molecule has 0 spiro atoms. The van der Waals surface area contributed by atoms with Gasteiger partial charge in [-0.05, 0) is 12.1 Å². The first kappa shape index (κ1) is 11.7. The molecule has 0 amide bonds. The van der Waals surface area contributed by atoms with E-state index in [0.717, 1.165) is 11.1 Å². The van der Waals surface area contributed by atoms with E-state index in [9.17, 15) is 4.79 Å². The summed E-state index contributed by atoms with van der Waals surface area (Å²) in [6.45, 7) is 0. The first-order valence-electron chi connectivity index (χ1n) is 5.51. The second-order valence-corrected chi connectivity index (χ2v) is 4.26. The van der Waals surface area contributed by atoms with Crippen LogP contribution in [0.15, 0.2) is 51.9 Å². The lowest BCUT2D eigenvalue weighted by Gasteiger charge is -2.03. The summed E-state index contributed by atoms with van der Waals surface area (Å²) in [6.07, 6.45) is 1.67. The molecule has 0 atom stereocenters. The van der Waals surface area contributed by atoms with Crippen molar-refractivity contribution in [1.29, 1.82) is 0 Å². The fourth-order valence-corrected chi connectivity index (χ4v) is 1.97. The molecule has 0 radical (unpaired) electrons. The summed E-state index contributed by atoms with van der Waals surface area (Å²) in [5.74, 6) is -0.303. The maximum absolute atomic E-state index is 10.9. The predicted octanol–water partition coefficient (Wildman–Crippen LogP) is 2.75. The van der Waals surface area contributed by atoms with Gasteiger partial charge in [-0.3, -0.25) is 14.5 Å². The van der Waals surface area contributed by atoms with E-state index in [2.05, 4.69) is 19.6 Å². The number of benzene rings is 1. The predicted molar refractivity (Wildman–Crippen MR) is 70.8 cm³/mol. The van der Waals surface area contributed by atoms with Crippen molar-refractivity contribution < 1.29 is 4.52 Å². The smallest absolute Gasteiger partial charge is 0.296 e. The van der Waals surface area contributed by atoms with Gasteiger partial charge >= 0.3 is 5.76 Å².